The number of carbonyl (C=O) groups is 3. The Hall–Kier alpha value is -3.81. The fourth-order valence-electron chi connectivity index (χ4n) is 2.57. The van der Waals surface area contributed by atoms with Gasteiger partial charge in [-0.2, -0.15) is 0 Å². The Bertz CT molecular complexity index is 1040. The van der Waals surface area contributed by atoms with E-state index in [1.807, 2.05) is 5.32 Å². The summed E-state index contributed by atoms with van der Waals surface area (Å²) in [6, 6.07) is 10.5. The summed E-state index contributed by atoms with van der Waals surface area (Å²) >= 11 is 0. The molecule has 5 N–H and O–H groups in total. The molecule has 2 aromatic rings. The topological polar surface area (TPSA) is 128 Å². The second kappa shape index (κ2) is 10.5. The highest BCUT2D eigenvalue weighted by atomic mass is 19.3. The largest absolute Gasteiger partial charge is 0.381 e. The van der Waals surface area contributed by atoms with E-state index >= 15 is 0 Å². The Morgan fingerprint density at radius 3 is 1.91 bits per heavy atom. The molecule has 0 spiro atoms. The molecule has 168 valence electrons. The molecule has 0 radical (unpaired) electrons. The lowest BCUT2D eigenvalue weighted by molar-refractivity contribution is -0.149. The van der Waals surface area contributed by atoms with E-state index < -0.39 is 29.9 Å². The van der Waals surface area contributed by atoms with Crippen molar-refractivity contribution in [3.05, 3.63) is 65.2 Å². The number of hydrogen-bond acceptors (Lipinski definition) is 5. The minimum Gasteiger partial charge on any atom is -0.381 e. The van der Waals surface area contributed by atoms with E-state index in [9.17, 15) is 28.3 Å². The number of rotatable bonds is 6. The predicted molar refractivity (Wildman–Crippen MR) is 111 cm³/mol. The van der Waals surface area contributed by atoms with Crippen LogP contribution in [0.4, 0.5) is 14.5 Å². The van der Waals surface area contributed by atoms with Crippen LogP contribution in [0.15, 0.2) is 48.5 Å². The molecule has 2 aromatic carbocycles. The molecule has 3 amide bonds. The van der Waals surface area contributed by atoms with Gasteiger partial charge in [-0.25, -0.2) is 14.3 Å². The molecule has 0 saturated carbocycles. The Morgan fingerprint density at radius 2 is 1.47 bits per heavy atom. The van der Waals surface area contributed by atoms with Crippen molar-refractivity contribution in [1.29, 1.82) is 0 Å². The summed E-state index contributed by atoms with van der Waals surface area (Å²) in [5.41, 5.74) is 0.139. The Balaban J connectivity index is 2.11. The van der Waals surface area contributed by atoms with Crippen molar-refractivity contribution in [2.45, 2.75) is 31.9 Å². The first-order valence-corrected chi connectivity index (χ1v) is 9.29. The minimum atomic E-state index is -3.37. The Morgan fingerprint density at radius 1 is 0.969 bits per heavy atom. The third-order valence-corrected chi connectivity index (χ3v) is 4.38. The smallest absolute Gasteiger partial charge is 0.269 e. The number of aliphatic hydroxyl groups is 1. The summed E-state index contributed by atoms with van der Waals surface area (Å²) in [7, 11) is 0. The summed E-state index contributed by atoms with van der Waals surface area (Å²) in [6.45, 7) is 2.07. The molecule has 0 bridgehead atoms. The molecule has 2 rings (SSSR count). The van der Waals surface area contributed by atoms with Crippen molar-refractivity contribution < 1.29 is 33.5 Å². The summed E-state index contributed by atoms with van der Waals surface area (Å²) in [4.78, 5) is 35.0. The summed E-state index contributed by atoms with van der Waals surface area (Å²) in [5, 5.41) is 23.2. The SMILES string of the molecule is CC(=O)Nc1ccc(C#Cc2ccc(C(=O)N[C@H](C(=O)NO)C(C)(O)C(F)F)cc2)cc1. The fourth-order valence-corrected chi connectivity index (χ4v) is 2.57. The minimum absolute atomic E-state index is 0.0241. The van der Waals surface area contributed by atoms with Gasteiger partial charge in [-0.1, -0.05) is 11.8 Å². The van der Waals surface area contributed by atoms with Crippen LogP contribution in [-0.4, -0.2) is 46.1 Å². The van der Waals surface area contributed by atoms with E-state index in [4.69, 9.17) is 5.21 Å². The first-order chi connectivity index (χ1) is 15.0. The van der Waals surface area contributed by atoms with Crippen LogP contribution in [0.1, 0.15) is 35.3 Å². The highest BCUT2D eigenvalue weighted by molar-refractivity contribution is 5.98. The van der Waals surface area contributed by atoms with Crippen LogP contribution in [0.5, 0.6) is 0 Å². The maximum Gasteiger partial charge on any atom is 0.269 e. The van der Waals surface area contributed by atoms with E-state index in [0.29, 0.717) is 23.7 Å². The number of nitrogens with one attached hydrogen (secondary N) is 3. The molecule has 1 unspecified atom stereocenters. The van der Waals surface area contributed by atoms with Crippen LogP contribution in [-0.2, 0) is 9.59 Å². The van der Waals surface area contributed by atoms with Gasteiger partial charge in [0.05, 0.1) is 0 Å². The molecule has 32 heavy (non-hydrogen) atoms. The maximum absolute atomic E-state index is 13.1. The van der Waals surface area contributed by atoms with E-state index in [0.717, 1.165) is 5.48 Å². The van der Waals surface area contributed by atoms with Crippen molar-refractivity contribution in [3.63, 3.8) is 0 Å². The van der Waals surface area contributed by atoms with Gasteiger partial charge in [0.1, 0.15) is 6.04 Å². The number of carbonyl (C=O) groups excluding carboxylic acids is 3. The van der Waals surface area contributed by atoms with E-state index in [-0.39, 0.29) is 11.5 Å². The van der Waals surface area contributed by atoms with Gasteiger partial charge in [0.2, 0.25) is 5.91 Å². The Labute approximate surface area is 182 Å². The number of hydrogen-bond donors (Lipinski definition) is 5. The molecule has 0 saturated heterocycles. The molecule has 10 heteroatoms. The number of benzene rings is 2. The third kappa shape index (κ3) is 6.34. The molecule has 0 aliphatic carbocycles. The van der Waals surface area contributed by atoms with Crippen molar-refractivity contribution in [3.8, 4) is 11.8 Å². The van der Waals surface area contributed by atoms with Crippen molar-refractivity contribution in [2.24, 2.45) is 0 Å². The van der Waals surface area contributed by atoms with Gasteiger partial charge in [-0.05, 0) is 55.5 Å². The number of halogens is 2. The third-order valence-electron chi connectivity index (χ3n) is 4.38. The van der Waals surface area contributed by atoms with Crippen LogP contribution >= 0.6 is 0 Å². The van der Waals surface area contributed by atoms with Gasteiger partial charge in [0, 0.05) is 29.3 Å². The van der Waals surface area contributed by atoms with Gasteiger partial charge in [0.15, 0.2) is 5.60 Å². The van der Waals surface area contributed by atoms with Crippen LogP contribution in [0, 0.1) is 11.8 Å². The van der Waals surface area contributed by atoms with Gasteiger partial charge in [-0.15, -0.1) is 0 Å². The molecule has 2 atom stereocenters. The van der Waals surface area contributed by atoms with Crippen molar-refractivity contribution in [1.82, 2.24) is 10.8 Å². The standard InChI is InChI=1S/C22H21F2N3O5/c1-13(28)25-17-11-7-15(8-12-17)4-3-14-5-9-16(10-6-14)19(29)26-18(20(30)27-32)22(2,31)21(23)24/h5-12,18,21,31-32H,1-2H3,(H,25,28)(H,26,29)(H,27,30)/t18-,22?/m1/s1. The van der Waals surface area contributed by atoms with Crippen molar-refractivity contribution in [2.75, 3.05) is 5.32 Å². The maximum atomic E-state index is 13.1. The molecule has 0 fully saturated rings. The number of anilines is 1. The molecule has 0 aliphatic heterocycles. The zero-order chi connectivity index (χ0) is 23.9. The molecule has 0 heterocycles. The summed E-state index contributed by atoms with van der Waals surface area (Å²) in [6.07, 6.45) is -3.37. The number of alkyl halides is 2. The summed E-state index contributed by atoms with van der Waals surface area (Å²) < 4.78 is 26.1. The quantitative estimate of drug-likeness (QED) is 0.263. The highest BCUT2D eigenvalue weighted by Gasteiger charge is 2.46. The fraction of sp³-hybridized carbons (Fsp3) is 0.227. The van der Waals surface area contributed by atoms with Crippen LogP contribution in [0.25, 0.3) is 0 Å². The van der Waals surface area contributed by atoms with Crippen molar-refractivity contribution >= 4 is 23.4 Å². The van der Waals surface area contributed by atoms with Gasteiger partial charge >= 0.3 is 0 Å². The first kappa shape index (κ1) is 24.5. The lowest BCUT2D eigenvalue weighted by Gasteiger charge is -2.30. The molecule has 0 aliphatic rings. The highest BCUT2D eigenvalue weighted by Crippen LogP contribution is 2.20. The average Bonchev–Trinajstić information content (AvgIpc) is 2.76. The van der Waals surface area contributed by atoms with Crippen LogP contribution < -0.4 is 16.1 Å². The monoisotopic (exact) mass is 445 g/mol. The average molecular weight is 445 g/mol. The van der Waals surface area contributed by atoms with Gasteiger partial charge < -0.3 is 15.7 Å². The van der Waals surface area contributed by atoms with Crippen LogP contribution in [0.3, 0.4) is 0 Å². The second-order valence-corrected chi connectivity index (χ2v) is 6.99. The van der Waals surface area contributed by atoms with E-state index in [1.165, 1.54) is 31.2 Å². The lowest BCUT2D eigenvalue weighted by atomic mass is 9.95. The predicted octanol–water partition coefficient (Wildman–Crippen LogP) is 1.66. The van der Waals surface area contributed by atoms with Gasteiger partial charge in [0.25, 0.3) is 18.2 Å². The zero-order valence-electron chi connectivity index (χ0n) is 17.1. The molecular weight excluding hydrogens is 424 g/mol. The molecule has 0 aromatic heterocycles. The first-order valence-electron chi connectivity index (χ1n) is 9.29. The summed E-state index contributed by atoms with van der Waals surface area (Å²) in [5.74, 6) is 3.32. The molecule has 8 nitrogen and oxygen atoms in total. The van der Waals surface area contributed by atoms with Crippen LogP contribution in [0.2, 0.25) is 0 Å². The van der Waals surface area contributed by atoms with E-state index in [2.05, 4.69) is 17.2 Å². The lowest BCUT2D eigenvalue weighted by Crippen LogP contribution is -2.61. The number of hydroxylamine groups is 1. The normalized spacial score (nSPS) is 13.2. The number of amides is 3. The van der Waals surface area contributed by atoms with E-state index in [1.54, 1.807) is 24.3 Å². The van der Waals surface area contributed by atoms with Gasteiger partial charge in [-0.3, -0.25) is 19.6 Å². The Kier molecular flexibility index (Phi) is 8.01. The second-order valence-electron chi connectivity index (χ2n) is 6.99. The zero-order valence-corrected chi connectivity index (χ0v) is 17.1. The molecular formula is C22H21F2N3O5.